The monoisotopic (exact) mass is 378 g/mol. The number of hydrogen-bond donors (Lipinski definition) is 0. The minimum Gasteiger partial charge on any atom is -0.492 e. The zero-order chi connectivity index (χ0) is 15.5. The second-order valence-corrected chi connectivity index (χ2v) is 6.06. The Morgan fingerprint density at radius 1 is 1.18 bits per heavy atom. The average Bonchev–Trinajstić information content (AvgIpc) is 2.52. The highest BCUT2D eigenvalue weighted by molar-refractivity contribution is 9.10. The lowest BCUT2D eigenvalue weighted by Crippen LogP contribution is -2.23. The standard InChI is InChI=1S/C16H12BrClN2O2/c17-11-1-6-15-14(9-11)16(21)20(10-19-15)7-8-22-13-4-2-12(18)3-5-13/h1-6,9-10H,7-8H2. The molecule has 0 aliphatic rings. The molecule has 0 amide bonds. The first-order chi connectivity index (χ1) is 10.6. The molecule has 22 heavy (non-hydrogen) atoms. The number of hydrogen-bond acceptors (Lipinski definition) is 3. The normalized spacial score (nSPS) is 10.8. The van der Waals surface area contributed by atoms with Gasteiger partial charge in [0.1, 0.15) is 12.4 Å². The summed E-state index contributed by atoms with van der Waals surface area (Å²) >= 11 is 9.19. The molecule has 0 unspecified atom stereocenters. The van der Waals surface area contributed by atoms with Crippen molar-refractivity contribution in [2.45, 2.75) is 6.54 Å². The fourth-order valence-corrected chi connectivity index (χ4v) is 2.57. The molecule has 0 spiro atoms. The van der Waals surface area contributed by atoms with Crippen LogP contribution >= 0.6 is 27.5 Å². The van der Waals surface area contributed by atoms with E-state index in [1.807, 2.05) is 12.1 Å². The van der Waals surface area contributed by atoms with Crippen molar-refractivity contribution in [3.05, 3.63) is 68.6 Å². The van der Waals surface area contributed by atoms with Crippen LogP contribution in [0.5, 0.6) is 5.75 Å². The third kappa shape index (κ3) is 3.31. The van der Waals surface area contributed by atoms with Crippen LogP contribution in [0.4, 0.5) is 0 Å². The van der Waals surface area contributed by atoms with Crippen LogP contribution in [0.15, 0.2) is 58.1 Å². The van der Waals surface area contributed by atoms with Crippen molar-refractivity contribution < 1.29 is 4.74 Å². The van der Waals surface area contributed by atoms with E-state index in [1.165, 1.54) is 0 Å². The highest BCUT2D eigenvalue weighted by atomic mass is 79.9. The summed E-state index contributed by atoms with van der Waals surface area (Å²) in [6, 6.07) is 12.6. The van der Waals surface area contributed by atoms with Gasteiger partial charge < -0.3 is 4.74 Å². The fourth-order valence-electron chi connectivity index (χ4n) is 2.08. The maximum Gasteiger partial charge on any atom is 0.261 e. The third-order valence-corrected chi connectivity index (χ3v) is 3.95. The lowest BCUT2D eigenvalue weighted by molar-refractivity contribution is 0.296. The van der Waals surface area contributed by atoms with Gasteiger partial charge in [-0.3, -0.25) is 9.36 Å². The van der Waals surface area contributed by atoms with Gasteiger partial charge in [0.05, 0.1) is 23.8 Å². The molecule has 0 aliphatic carbocycles. The van der Waals surface area contributed by atoms with Crippen molar-refractivity contribution in [3.8, 4) is 5.75 Å². The van der Waals surface area contributed by atoms with Gasteiger partial charge in [-0.15, -0.1) is 0 Å². The molecule has 0 saturated carbocycles. The zero-order valence-electron chi connectivity index (χ0n) is 11.5. The van der Waals surface area contributed by atoms with Crippen LogP contribution in [-0.2, 0) is 6.54 Å². The average molecular weight is 380 g/mol. The minimum atomic E-state index is -0.0778. The summed E-state index contributed by atoms with van der Waals surface area (Å²) in [5, 5.41) is 1.25. The van der Waals surface area contributed by atoms with Crippen LogP contribution in [0.2, 0.25) is 5.02 Å². The molecule has 0 aliphatic heterocycles. The lowest BCUT2D eigenvalue weighted by Gasteiger charge is -2.09. The predicted molar refractivity (Wildman–Crippen MR) is 90.7 cm³/mol. The Balaban J connectivity index is 1.75. The molecule has 1 aromatic heterocycles. The topological polar surface area (TPSA) is 44.1 Å². The molecule has 3 aromatic rings. The van der Waals surface area contributed by atoms with E-state index in [9.17, 15) is 4.79 Å². The Morgan fingerprint density at radius 2 is 1.95 bits per heavy atom. The summed E-state index contributed by atoms with van der Waals surface area (Å²) in [4.78, 5) is 16.7. The van der Waals surface area contributed by atoms with Crippen LogP contribution in [0.3, 0.4) is 0 Å². The number of fused-ring (bicyclic) bond motifs is 1. The van der Waals surface area contributed by atoms with Crippen molar-refractivity contribution in [1.82, 2.24) is 9.55 Å². The Labute approximate surface area is 140 Å². The molecular weight excluding hydrogens is 368 g/mol. The van der Waals surface area contributed by atoms with Crippen LogP contribution < -0.4 is 10.3 Å². The molecule has 6 heteroatoms. The van der Waals surface area contributed by atoms with Crippen LogP contribution in [-0.4, -0.2) is 16.2 Å². The van der Waals surface area contributed by atoms with Crippen molar-refractivity contribution in [2.24, 2.45) is 0 Å². The van der Waals surface area contributed by atoms with E-state index < -0.39 is 0 Å². The first-order valence-corrected chi connectivity index (χ1v) is 7.84. The van der Waals surface area contributed by atoms with E-state index in [0.29, 0.717) is 34.8 Å². The number of nitrogens with zero attached hydrogens (tertiary/aromatic N) is 2. The highest BCUT2D eigenvalue weighted by Gasteiger charge is 2.05. The molecule has 1 heterocycles. The van der Waals surface area contributed by atoms with Crippen molar-refractivity contribution in [1.29, 1.82) is 0 Å². The molecule has 3 rings (SSSR count). The molecule has 0 N–H and O–H groups in total. The summed E-state index contributed by atoms with van der Waals surface area (Å²) in [6.07, 6.45) is 1.55. The first-order valence-electron chi connectivity index (χ1n) is 6.66. The molecule has 0 atom stereocenters. The van der Waals surface area contributed by atoms with E-state index in [1.54, 1.807) is 41.2 Å². The van der Waals surface area contributed by atoms with Crippen LogP contribution in [0, 0.1) is 0 Å². The van der Waals surface area contributed by atoms with E-state index in [-0.39, 0.29) is 5.56 Å². The second-order valence-electron chi connectivity index (χ2n) is 4.71. The Kier molecular flexibility index (Phi) is 4.45. The van der Waals surface area contributed by atoms with E-state index >= 15 is 0 Å². The molecular formula is C16H12BrClN2O2. The first kappa shape index (κ1) is 15.1. The summed E-state index contributed by atoms with van der Waals surface area (Å²) < 4.78 is 8.00. The SMILES string of the molecule is O=c1c2cc(Br)ccc2ncn1CCOc1ccc(Cl)cc1. The summed E-state index contributed by atoms with van der Waals surface area (Å²) in [7, 11) is 0. The van der Waals surface area contributed by atoms with Gasteiger partial charge in [-0.25, -0.2) is 4.98 Å². The maximum atomic E-state index is 12.4. The second kappa shape index (κ2) is 6.50. The molecule has 112 valence electrons. The summed E-state index contributed by atoms with van der Waals surface area (Å²) in [6.45, 7) is 0.805. The van der Waals surface area contributed by atoms with E-state index in [2.05, 4.69) is 20.9 Å². The third-order valence-electron chi connectivity index (χ3n) is 3.20. The molecule has 0 fully saturated rings. The van der Waals surface area contributed by atoms with Gasteiger partial charge in [-0.2, -0.15) is 0 Å². The summed E-state index contributed by atoms with van der Waals surface area (Å²) in [5.41, 5.74) is 0.606. The number of ether oxygens (including phenoxy) is 1. The molecule has 2 aromatic carbocycles. The number of benzene rings is 2. The lowest BCUT2D eigenvalue weighted by atomic mass is 10.2. The molecule has 0 saturated heterocycles. The molecule has 0 bridgehead atoms. The smallest absolute Gasteiger partial charge is 0.261 e. The van der Waals surface area contributed by atoms with Gasteiger partial charge in [0.15, 0.2) is 0 Å². The van der Waals surface area contributed by atoms with Crippen molar-refractivity contribution in [3.63, 3.8) is 0 Å². The van der Waals surface area contributed by atoms with Crippen LogP contribution in [0.25, 0.3) is 10.9 Å². The van der Waals surface area contributed by atoms with Gasteiger partial charge in [-0.05, 0) is 42.5 Å². The number of aromatic nitrogens is 2. The predicted octanol–water partition coefficient (Wildman–Crippen LogP) is 3.89. The van der Waals surface area contributed by atoms with Gasteiger partial charge in [0.25, 0.3) is 5.56 Å². The van der Waals surface area contributed by atoms with Gasteiger partial charge in [0.2, 0.25) is 0 Å². The van der Waals surface area contributed by atoms with Crippen molar-refractivity contribution >= 4 is 38.4 Å². The maximum absolute atomic E-state index is 12.4. The van der Waals surface area contributed by atoms with Gasteiger partial charge in [-0.1, -0.05) is 27.5 Å². The number of halogens is 2. The Hall–Kier alpha value is -1.85. The molecule has 4 nitrogen and oxygen atoms in total. The highest BCUT2D eigenvalue weighted by Crippen LogP contribution is 2.16. The fraction of sp³-hybridized carbons (Fsp3) is 0.125. The zero-order valence-corrected chi connectivity index (χ0v) is 13.8. The largest absolute Gasteiger partial charge is 0.492 e. The van der Waals surface area contributed by atoms with E-state index in [0.717, 1.165) is 4.47 Å². The van der Waals surface area contributed by atoms with E-state index in [4.69, 9.17) is 16.3 Å². The molecule has 0 radical (unpaired) electrons. The Bertz CT molecular complexity index is 862. The number of rotatable bonds is 4. The Morgan fingerprint density at radius 3 is 2.73 bits per heavy atom. The quantitative estimate of drug-likeness (QED) is 0.691. The van der Waals surface area contributed by atoms with Gasteiger partial charge >= 0.3 is 0 Å². The van der Waals surface area contributed by atoms with Crippen LogP contribution in [0.1, 0.15) is 0 Å². The van der Waals surface area contributed by atoms with Gasteiger partial charge in [0, 0.05) is 9.50 Å². The van der Waals surface area contributed by atoms with Crippen molar-refractivity contribution in [2.75, 3.05) is 6.61 Å². The minimum absolute atomic E-state index is 0.0778. The summed E-state index contributed by atoms with van der Waals surface area (Å²) in [5.74, 6) is 0.717.